The Balaban J connectivity index is 2.54. The van der Waals surface area contributed by atoms with Crippen molar-refractivity contribution in [1.82, 2.24) is 15.0 Å². The number of hydrogen-bond acceptors (Lipinski definition) is 8. The molecule has 1 atom stereocenters. The summed E-state index contributed by atoms with van der Waals surface area (Å²) in [4.78, 5) is 24.8. The predicted molar refractivity (Wildman–Crippen MR) is 87.5 cm³/mol. The lowest BCUT2D eigenvalue weighted by Gasteiger charge is -2.21. The summed E-state index contributed by atoms with van der Waals surface area (Å²) in [6.45, 7) is 0.199. The third-order valence-electron chi connectivity index (χ3n) is 2.97. The van der Waals surface area contributed by atoms with E-state index in [-0.39, 0.29) is 23.3 Å². The van der Waals surface area contributed by atoms with Gasteiger partial charge in [-0.05, 0) is 11.6 Å². The predicted octanol–water partition coefficient (Wildman–Crippen LogP) is 0.694. The molecule has 0 aromatic carbocycles. The van der Waals surface area contributed by atoms with Crippen LogP contribution in [0.4, 0.5) is 17.3 Å². The van der Waals surface area contributed by atoms with Gasteiger partial charge < -0.3 is 11.1 Å². The number of nitrogens with two attached hydrogens (primary N) is 1. The summed E-state index contributed by atoms with van der Waals surface area (Å²) in [6, 6.07) is 3.56. The van der Waals surface area contributed by atoms with Crippen LogP contribution in [-0.2, 0) is 21.1 Å². The number of anilines is 3. The van der Waals surface area contributed by atoms with Crippen molar-refractivity contribution in [3.63, 3.8) is 0 Å². The second-order valence-corrected chi connectivity index (χ2v) is 6.83. The molecule has 122 valence electrons. The van der Waals surface area contributed by atoms with Gasteiger partial charge in [0.15, 0.2) is 11.6 Å². The summed E-state index contributed by atoms with van der Waals surface area (Å²) in [7, 11) is -1.57. The van der Waals surface area contributed by atoms with Gasteiger partial charge in [-0.25, -0.2) is 14.0 Å². The Hall–Kier alpha value is -2.75. The molecule has 1 unspecified atom stereocenters. The normalized spacial score (nSPS) is 13.1. The standard InChI is InChI=1S/C13H17N7O2S/c1-16-10-11(14)18-13(23(2,15)22)19-12(10)20(8-21)7-9-4-3-5-17-6-9/h3-6,8,15-16H,7H2,1-2H3,(H2,14,18,19). The van der Waals surface area contributed by atoms with Gasteiger partial charge in [-0.2, -0.15) is 4.98 Å². The minimum absolute atomic E-state index is 0.0207. The highest BCUT2D eigenvalue weighted by atomic mass is 32.2. The molecule has 0 aliphatic carbocycles. The number of aromatic nitrogens is 3. The highest BCUT2D eigenvalue weighted by Crippen LogP contribution is 2.29. The van der Waals surface area contributed by atoms with Crippen LogP contribution in [0, 0.1) is 4.78 Å². The second-order valence-electron chi connectivity index (χ2n) is 4.78. The lowest BCUT2D eigenvalue weighted by atomic mass is 10.2. The molecule has 1 amide bonds. The summed E-state index contributed by atoms with van der Waals surface area (Å²) < 4.78 is 19.5. The van der Waals surface area contributed by atoms with E-state index in [0.717, 1.165) is 5.56 Å². The maximum absolute atomic E-state index is 11.9. The van der Waals surface area contributed by atoms with Crippen LogP contribution in [0.2, 0.25) is 0 Å². The van der Waals surface area contributed by atoms with Crippen LogP contribution in [0.15, 0.2) is 29.7 Å². The van der Waals surface area contributed by atoms with Crippen LogP contribution < -0.4 is 16.0 Å². The number of carbonyl (C=O) groups is 1. The molecular weight excluding hydrogens is 318 g/mol. The zero-order chi connectivity index (χ0) is 17.0. The SMILES string of the molecule is CNc1c(N)nc(S(C)(=N)=O)nc1N(C=O)Cc1cccnc1. The number of pyridine rings is 1. The van der Waals surface area contributed by atoms with Crippen LogP contribution in [-0.4, -0.2) is 38.9 Å². The average Bonchev–Trinajstić information content (AvgIpc) is 2.52. The average molecular weight is 335 g/mol. The number of nitrogen functional groups attached to an aromatic ring is 1. The third-order valence-corrected chi connectivity index (χ3v) is 3.85. The maximum Gasteiger partial charge on any atom is 0.230 e. The van der Waals surface area contributed by atoms with E-state index in [1.54, 1.807) is 25.5 Å². The summed E-state index contributed by atoms with van der Waals surface area (Å²) in [5.41, 5.74) is 6.95. The largest absolute Gasteiger partial charge is 0.382 e. The second kappa shape index (κ2) is 6.57. The van der Waals surface area contributed by atoms with E-state index in [4.69, 9.17) is 10.5 Å². The van der Waals surface area contributed by atoms with Crippen molar-refractivity contribution in [3.8, 4) is 0 Å². The van der Waals surface area contributed by atoms with Crippen molar-refractivity contribution < 1.29 is 9.00 Å². The lowest BCUT2D eigenvalue weighted by Crippen LogP contribution is -2.24. The van der Waals surface area contributed by atoms with Crippen molar-refractivity contribution in [3.05, 3.63) is 30.1 Å². The van der Waals surface area contributed by atoms with Gasteiger partial charge in [0.05, 0.1) is 6.54 Å². The van der Waals surface area contributed by atoms with Crippen molar-refractivity contribution in [2.75, 3.05) is 29.3 Å². The van der Waals surface area contributed by atoms with Gasteiger partial charge in [-0.15, -0.1) is 0 Å². The third kappa shape index (κ3) is 3.72. The van der Waals surface area contributed by atoms with Gasteiger partial charge in [0.1, 0.15) is 15.4 Å². The Bertz CT molecular complexity index is 809. The van der Waals surface area contributed by atoms with Crippen LogP contribution in [0.5, 0.6) is 0 Å². The molecule has 0 fully saturated rings. The van der Waals surface area contributed by atoms with E-state index in [1.807, 2.05) is 6.07 Å². The number of hydrogen-bond donors (Lipinski definition) is 3. The molecule has 0 radical (unpaired) electrons. The molecule has 4 N–H and O–H groups in total. The van der Waals surface area contributed by atoms with Crippen molar-refractivity contribution in [1.29, 1.82) is 4.78 Å². The molecule has 2 heterocycles. The van der Waals surface area contributed by atoms with E-state index in [0.29, 0.717) is 12.1 Å². The summed E-state index contributed by atoms with van der Waals surface area (Å²) >= 11 is 0. The van der Waals surface area contributed by atoms with Crippen molar-refractivity contribution >= 4 is 33.5 Å². The fraction of sp³-hybridized carbons (Fsp3) is 0.231. The highest BCUT2D eigenvalue weighted by molar-refractivity contribution is 7.91. The molecule has 10 heteroatoms. The Labute approximate surface area is 133 Å². The first-order chi connectivity index (χ1) is 10.9. The Morgan fingerprint density at radius 1 is 1.48 bits per heavy atom. The number of nitrogens with zero attached hydrogens (tertiary/aromatic N) is 4. The van der Waals surface area contributed by atoms with Gasteiger partial charge in [0, 0.05) is 25.7 Å². The van der Waals surface area contributed by atoms with Gasteiger partial charge in [0.25, 0.3) is 0 Å². The first kappa shape index (κ1) is 16.6. The quantitative estimate of drug-likeness (QED) is 0.521. The molecule has 0 spiro atoms. The zero-order valence-electron chi connectivity index (χ0n) is 12.7. The molecular formula is C13H17N7O2S. The van der Waals surface area contributed by atoms with E-state index >= 15 is 0 Å². The highest BCUT2D eigenvalue weighted by Gasteiger charge is 2.20. The monoisotopic (exact) mass is 335 g/mol. The van der Waals surface area contributed by atoms with Crippen LogP contribution in [0.3, 0.4) is 0 Å². The van der Waals surface area contributed by atoms with Crippen LogP contribution in [0.25, 0.3) is 0 Å². The molecule has 0 saturated heterocycles. The molecule has 0 saturated carbocycles. The van der Waals surface area contributed by atoms with E-state index in [1.165, 1.54) is 11.2 Å². The number of nitrogens with one attached hydrogen (secondary N) is 2. The molecule has 23 heavy (non-hydrogen) atoms. The fourth-order valence-corrected chi connectivity index (χ4v) is 2.45. The van der Waals surface area contributed by atoms with Crippen LogP contribution in [0.1, 0.15) is 5.56 Å². The Kier molecular flexibility index (Phi) is 4.74. The van der Waals surface area contributed by atoms with Gasteiger partial charge in [0.2, 0.25) is 11.6 Å². The summed E-state index contributed by atoms with van der Waals surface area (Å²) in [6.07, 6.45) is 5.02. The number of rotatable bonds is 6. The maximum atomic E-state index is 11.9. The molecule has 9 nitrogen and oxygen atoms in total. The summed E-state index contributed by atoms with van der Waals surface area (Å²) in [5, 5.41) is 2.60. The Morgan fingerprint density at radius 2 is 2.22 bits per heavy atom. The minimum Gasteiger partial charge on any atom is -0.382 e. The lowest BCUT2D eigenvalue weighted by molar-refractivity contribution is -0.107. The van der Waals surface area contributed by atoms with Gasteiger partial charge in [-0.1, -0.05) is 6.07 Å². The molecule has 2 aromatic heterocycles. The molecule has 0 aliphatic rings. The van der Waals surface area contributed by atoms with Crippen molar-refractivity contribution in [2.45, 2.75) is 11.7 Å². The number of amides is 1. The van der Waals surface area contributed by atoms with Crippen LogP contribution >= 0.6 is 0 Å². The molecule has 0 aliphatic heterocycles. The smallest absolute Gasteiger partial charge is 0.230 e. The molecule has 2 rings (SSSR count). The van der Waals surface area contributed by atoms with E-state index in [2.05, 4.69) is 20.3 Å². The van der Waals surface area contributed by atoms with E-state index in [9.17, 15) is 9.00 Å². The minimum atomic E-state index is -3.17. The molecule has 2 aromatic rings. The first-order valence-corrected chi connectivity index (χ1v) is 8.53. The molecule has 0 bridgehead atoms. The first-order valence-electron chi connectivity index (χ1n) is 6.56. The van der Waals surface area contributed by atoms with Gasteiger partial charge >= 0.3 is 0 Å². The number of carbonyl (C=O) groups excluding carboxylic acids is 1. The summed E-state index contributed by atoms with van der Waals surface area (Å²) in [5.74, 6) is 0.183. The zero-order valence-corrected chi connectivity index (χ0v) is 13.5. The van der Waals surface area contributed by atoms with E-state index < -0.39 is 9.73 Å². The Morgan fingerprint density at radius 3 is 2.74 bits per heavy atom. The fourth-order valence-electron chi connectivity index (χ4n) is 1.92. The topological polar surface area (TPSA) is 138 Å². The van der Waals surface area contributed by atoms with Gasteiger partial charge in [-0.3, -0.25) is 14.7 Å². The van der Waals surface area contributed by atoms with Crippen molar-refractivity contribution in [2.24, 2.45) is 0 Å².